The van der Waals surface area contributed by atoms with E-state index in [2.05, 4.69) is 12.1 Å². The van der Waals surface area contributed by atoms with Gasteiger partial charge < -0.3 is 22.5 Å². The monoisotopic (exact) mass is 698 g/mol. The van der Waals surface area contributed by atoms with Gasteiger partial charge in [0.15, 0.2) is 0 Å². The first-order chi connectivity index (χ1) is 22.2. The van der Waals surface area contributed by atoms with Crippen LogP contribution < -0.4 is 112 Å². The van der Waals surface area contributed by atoms with Crippen molar-refractivity contribution in [3.8, 4) is 23.0 Å². The van der Waals surface area contributed by atoms with Crippen LogP contribution >= 0.6 is 0 Å². The maximum atomic E-state index is 11.6. The summed E-state index contributed by atoms with van der Waals surface area (Å²) in [5.74, 6) is 5.64. The number of carboxylic acids is 2. The van der Waals surface area contributed by atoms with Crippen LogP contribution in [0.15, 0.2) is 60.7 Å². The van der Waals surface area contributed by atoms with Crippen LogP contribution in [0, 0.1) is 35.5 Å². The predicted octanol–water partition coefficient (Wildman–Crippen LogP) is 3.84. The van der Waals surface area contributed by atoms with Crippen molar-refractivity contribution in [2.75, 3.05) is 0 Å². The average molecular weight is 699 g/mol. The van der Waals surface area contributed by atoms with E-state index in [1.807, 2.05) is 0 Å². The molecule has 242 valence electrons. The molecule has 0 heterocycles. The van der Waals surface area contributed by atoms with Crippen molar-refractivity contribution in [1.82, 2.24) is 0 Å². The van der Waals surface area contributed by atoms with E-state index in [0.29, 0.717) is 11.5 Å². The van der Waals surface area contributed by atoms with Gasteiger partial charge in [0.25, 0.3) is 0 Å². The number of benzene rings is 3. The van der Waals surface area contributed by atoms with Crippen LogP contribution in [0.2, 0.25) is 0 Å². The first kappa shape index (κ1) is 35.9. The zero-order valence-corrected chi connectivity index (χ0v) is 34.5. The molecular formula is C40H44K2O6. The molecule has 0 amide bonds. The van der Waals surface area contributed by atoms with Crippen molar-refractivity contribution in [2.45, 2.75) is 87.9 Å². The Morgan fingerprint density at radius 2 is 0.812 bits per heavy atom. The van der Waals surface area contributed by atoms with E-state index in [1.54, 1.807) is 48.5 Å². The summed E-state index contributed by atoms with van der Waals surface area (Å²) in [6, 6.07) is 18.1. The maximum absolute atomic E-state index is 11.6. The molecule has 8 saturated carbocycles. The number of aromatic carboxylic acids is 2. The third kappa shape index (κ3) is 6.52. The standard InChI is InChI=1S/C40H42O6.2K.2H/c41-37(42)29-1-5-31(6-2-29)45-35-16-36(46-32-7-3-30(4-8-32)38(43)44)34(40-20-26-12-27(21-40)14-28(13-26)22-40)15-33(35)39-17-23-9-24(18-39)11-25(10-23)19-39;;;;/h1-8,15-16,23-28H,9-14,17-22H2,(H,41,42)(H,43,44);;;;/q;2*+1;2*-1. The number of carbonyl (C=O) groups is 2. The molecule has 0 saturated heterocycles. The summed E-state index contributed by atoms with van der Waals surface area (Å²) in [6.45, 7) is 0. The molecule has 3 aromatic carbocycles. The van der Waals surface area contributed by atoms with Gasteiger partial charge in [-0.2, -0.15) is 0 Å². The predicted molar refractivity (Wildman–Crippen MR) is 175 cm³/mol. The SMILES string of the molecule is O=C(O)c1ccc(Oc2cc(Oc3ccc(C(=O)O)cc3)c(C34CC5CC(CC(C5)C3)C4)cc2C23CC4CC(CC(C4)C2)C3)cc1.[H-].[H-].[K+].[K+]. The van der Waals surface area contributed by atoms with Crippen molar-refractivity contribution in [3.63, 3.8) is 0 Å². The first-order valence-electron chi connectivity index (χ1n) is 17.4. The molecule has 8 fully saturated rings. The summed E-state index contributed by atoms with van der Waals surface area (Å²) in [5, 5.41) is 19.0. The second-order valence-electron chi connectivity index (χ2n) is 16.1. The number of carboxylic acid groups (broad SMARTS) is 2. The Bertz CT molecular complexity index is 1530. The van der Waals surface area contributed by atoms with Gasteiger partial charge in [0.2, 0.25) is 0 Å². The third-order valence-electron chi connectivity index (χ3n) is 13.0. The van der Waals surface area contributed by atoms with E-state index in [9.17, 15) is 19.8 Å². The van der Waals surface area contributed by atoms with Crippen molar-refractivity contribution >= 4 is 11.9 Å². The van der Waals surface area contributed by atoms with Crippen LogP contribution in [0.5, 0.6) is 23.0 Å². The minimum Gasteiger partial charge on any atom is -1.00 e. The molecule has 8 aliphatic rings. The van der Waals surface area contributed by atoms with Gasteiger partial charge in [0.1, 0.15) is 23.0 Å². The van der Waals surface area contributed by atoms with Crippen LogP contribution in [-0.2, 0) is 10.8 Å². The topological polar surface area (TPSA) is 93.1 Å². The number of ether oxygens (including phenoxy) is 2. The quantitative estimate of drug-likeness (QED) is 0.348. The van der Waals surface area contributed by atoms with E-state index < -0.39 is 11.9 Å². The van der Waals surface area contributed by atoms with E-state index >= 15 is 0 Å². The molecule has 8 heteroatoms. The summed E-state index contributed by atoms with van der Waals surface area (Å²) >= 11 is 0. The molecule has 0 aromatic heterocycles. The van der Waals surface area contributed by atoms with Gasteiger partial charge in [0.05, 0.1) is 11.1 Å². The molecule has 0 unspecified atom stereocenters. The molecule has 8 bridgehead atoms. The zero-order chi connectivity index (χ0) is 31.2. The zero-order valence-electron chi connectivity index (χ0n) is 30.3. The van der Waals surface area contributed by atoms with Crippen molar-refractivity contribution in [3.05, 3.63) is 82.9 Å². The van der Waals surface area contributed by atoms with Crippen LogP contribution in [0.1, 0.15) is 112 Å². The third-order valence-corrected chi connectivity index (χ3v) is 13.0. The Balaban J connectivity index is 0.00000121. The van der Waals surface area contributed by atoms with Gasteiger partial charge in [-0.3, -0.25) is 0 Å². The van der Waals surface area contributed by atoms with Gasteiger partial charge >= 0.3 is 115 Å². The van der Waals surface area contributed by atoms with Crippen LogP contribution in [0.4, 0.5) is 0 Å². The fourth-order valence-electron chi connectivity index (χ4n) is 12.0. The molecule has 0 spiro atoms. The molecule has 2 N–H and O–H groups in total. The van der Waals surface area contributed by atoms with E-state index in [-0.39, 0.29) is 128 Å². The fourth-order valence-corrected chi connectivity index (χ4v) is 12.0. The van der Waals surface area contributed by atoms with Gasteiger partial charge in [0, 0.05) is 17.2 Å². The number of rotatable bonds is 8. The second kappa shape index (κ2) is 13.8. The Morgan fingerprint density at radius 3 is 1.08 bits per heavy atom. The Labute approximate surface area is 370 Å². The molecular weight excluding hydrogens is 655 g/mol. The van der Waals surface area contributed by atoms with E-state index in [1.165, 1.54) is 88.2 Å². The minimum absolute atomic E-state index is 0. The van der Waals surface area contributed by atoms with Gasteiger partial charge in [-0.25, -0.2) is 9.59 Å². The average Bonchev–Trinajstić information content (AvgIpc) is 3.00. The fraction of sp³-hybridized carbons (Fsp3) is 0.500. The smallest absolute Gasteiger partial charge is 1.00 e. The van der Waals surface area contributed by atoms with Crippen molar-refractivity contribution in [1.29, 1.82) is 0 Å². The van der Waals surface area contributed by atoms with Gasteiger partial charge in [-0.05, 0) is 178 Å². The molecule has 48 heavy (non-hydrogen) atoms. The maximum Gasteiger partial charge on any atom is 1.00 e. The van der Waals surface area contributed by atoms with Crippen molar-refractivity contribution < 1.29 is 135 Å². The summed E-state index contributed by atoms with van der Waals surface area (Å²) in [4.78, 5) is 23.1. The normalized spacial score (nSPS) is 33.4. The second-order valence-corrected chi connectivity index (χ2v) is 16.1. The summed E-state index contributed by atoms with van der Waals surface area (Å²) in [6.07, 6.45) is 15.5. The first-order valence-corrected chi connectivity index (χ1v) is 17.4. The van der Waals surface area contributed by atoms with Gasteiger partial charge in [-0.1, -0.05) is 0 Å². The number of hydrogen-bond donors (Lipinski definition) is 2. The van der Waals surface area contributed by atoms with Crippen molar-refractivity contribution in [2.24, 2.45) is 35.5 Å². The molecule has 0 radical (unpaired) electrons. The molecule has 6 nitrogen and oxygen atoms in total. The molecule has 8 aliphatic carbocycles. The van der Waals surface area contributed by atoms with Gasteiger partial charge in [-0.15, -0.1) is 0 Å². The van der Waals surface area contributed by atoms with Crippen LogP contribution in [0.3, 0.4) is 0 Å². The summed E-state index contributed by atoms with van der Waals surface area (Å²) in [5.41, 5.74) is 3.30. The Morgan fingerprint density at radius 1 is 0.521 bits per heavy atom. The van der Waals surface area contributed by atoms with Crippen LogP contribution in [0.25, 0.3) is 0 Å². The molecule has 11 rings (SSSR count). The largest absolute Gasteiger partial charge is 1.00 e. The van der Waals surface area contributed by atoms with E-state index in [4.69, 9.17) is 9.47 Å². The molecule has 0 atom stereocenters. The summed E-state index contributed by atoms with van der Waals surface area (Å²) < 4.78 is 13.6. The Kier molecular flexibility index (Phi) is 10.3. The molecule has 3 aromatic rings. The van der Waals surface area contributed by atoms with Crippen LogP contribution in [-0.4, -0.2) is 22.2 Å². The van der Waals surface area contributed by atoms with E-state index in [0.717, 1.165) is 47.0 Å². The molecule has 0 aliphatic heterocycles. The Hall–Kier alpha value is -0.527. The number of hydrogen-bond acceptors (Lipinski definition) is 4. The minimum atomic E-state index is -0.953. The summed E-state index contributed by atoms with van der Waals surface area (Å²) in [7, 11) is 0.